The van der Waals surface area contributed by atoms with Gasteiger partial charge in [-0.05, 0) is 5.92 Å². The summed E-state index contributed by atoms with van der Waals surface area (Å²) in [5, 5.41) is 8.02. The van der Waals surface area contributed by atoms with Gasteiger partial charge in [0.05, 0.1) is 25.0 Å². The molecule has 1 fully saturated rings. The molecule has 5 heteroatoms. The standard InChI is InChI=1S/C14H26N4O/c1-4-12(2)14-11-17(6-5-15-14)13-9-16-18(10-13)7-8-19-3/h9-10,12,14-15H,4-8,11H2,1-3H3. The molecule has 1 saturated heterocycles. The monoisotopic (exact) mass is 266 g/mol. The molecule has 108 valence electrons. The van der Waals surface area contributed by atoms with E-state index in [-0.39, 0.29) is 0 Å². The van der Waals surface area contributed by atoms with Gasteiger partial charge in [0.2, 0.25) is 0 Å². The van der Waals surface area contributed by atoms with Crippen molar-refractivity contribution < 1.29 is 4.74 Å². The molecule has 2 heterocycles. The molecule has 0 radical (unpaired) electrons. The zero-order chi connectivity index (χ0) is 13.7. The van der Waals surface area contributed by atoms with Crippen LogP contribution in [-0.2, 0) is 11.3 Å². The Morgan fingerprint density at radius 3 is 3.16 bits per heavy atom. The number of nitrogens with zero attached hydrogens (tertiary/aromatic N) is 3. The van der Waals surface area contributed by atoms with E-state index < -0.39 is 0 Å². The molecule has 1 aliphatic heterocycles. The van der Waals surface area contributed by atoms with Gasteiger partial charge in [0.1, 0.15) is 0 Å². The Bertz CT molecular complexity index is 379. The number of anilines is 1. The lowest BCUT2D eigenvalue weighted by Crippen LogP contribution is -2.53. The first-order valence-electron chi connectivity index (χ1n) is 7.24. The minimum atomic E-state index is 0.584. The second-order valence-corrected chi connectivity index (χ2v) is 5.35. The lowest BCUT2D eigenvalue weighted by Gasteiger charge is -2.37. The highest BCUT2D eigenvalue weighted by atomic mass is 16.5. The number of nitrogens with one attached hydrogen (secondary N) is 1. The van der Waals surface area contributed by atoms with Crippen molar-refractivity contribution in [1.82, 2.24) is 15.1 Å². The van der Waals surface area contributed by atoms with Crippen LogP contribution in [0.15, 0.2) is 12.4 Å². The highest BCUT2D eigenvalue weighted by Gasteiger charge is 2.23. The summed E-state index contributed by atoms with van der Waals surface area (Å²) in [5.74, 6) is 0.714. The van der Waals surface area contributed by atoms with Gasteiger partial charge in [0.15, 0.2) is 0 Å². The molecule has 1 aliphatic rings. The predicted octanol–water partition coefficient (Wildman–Crippen LogP) is 1.35. The molecule has 2 atom stereocenters. The maximum absolute atomic E-state index is 5.08. The fraction of sp³-hybridized carbons (Fsp3) is 0.786. The third kappa shape index (κ3) is 3.70. The van der Waals surface area contributed by atoms with Crippen molar-refractivity contribution in [3.63, 3.8) is 0 Å². The lowest BCUT2D eigenvalue weighted by molar-refractivity contribution is 0.183. The molecule has 2 rings (SSSR count). The Morgan fingerprint density at radius 2 is 2.42 bits per heavy atom. The molecule has 0 saturated carbocycles. The molecule has 0 spiro atoms. The van der Waals surface area contributed by atoms with Gasteiger partial charge in [-0.25, -0.2) is 0 Å². The van der Waals surface area contributed by atoms with Crippen LogP contribution in [0.4, 0.5) is 5.69 Å². The summed E-state index contributed by atoms with van der Waals surface area (Å²) in [5.41, 5.74) is 1.23. The zero-order valence-electron chi connectivity index (χ0n) is 12.3. The number of methoxy groups -OCH3 is 1. The number of rotatable bonds is 6. The SMILES string of the molecule is CCC(C)C1CN(c2cnn(CCOC)c2)CCN1. The molecule has 0 amide bonds. The Hall–Kier alpha value is -1.07. The average molecular weight is 266 g/mol. The maximum Gasteiger partial charge on any atom is 0.0753 e. The van der Waals surface area contributed by atoms with Gasteiger partial charge in [-0.15, -0.1) is 0 Å². The number of piperazine rings is 1. The van der Waals surface area contributed by atoms with Crippen LogP contribution < -0.4 is 10.2 Å². The van der Waals surface area contributed by atoms with Crippen molar-refractivity contribution in [2.75, 3.05) is 38.3 Å². The summed E-state index contributed by atoms with van der Waals surface area (Å²) in [6, 6.07) is 0.584. The van der Waals surface area contributed by atoms with Crippen molar-refractivity contribution in [3.05, 3.63) is 12.4 Å². The summed E-state index contributed by atoms with van der Waals surface area (Å²) < 4.78 is 7.04. The second kappa shape index (κ2) is 6.91. The van der Waals surface area contributed by atoms with Gasteiger partial charge in [0, 0.05) is 39.0 Å². The van der Waals surface area contributed by atoms with Gasteiger partial charge in [-0.2, -0.15) is 5.10 Å². The van der Waals surface area contributed by atoms with Crippen LogP contribution >= 0.6 is 0 Å². The molecule has 5 nitrogen and oxygen atoms in total. The summed E-state index contributed by atoms with van der Waals surface area (Å²) in [6.07, 6.45) is 5.31. The smallest absolute Gasteiger partial charge is 0.0753 e. The molecule has 1 N–H and O–H groups in total. The number of aromatic nitrogens is 2. The first-order valence-corrected chi connectivity index (χ1v) is 7.24. The van der Waals surface area contributed by atoms with Crippen LogP contribution in [-0.4, -0.2) is 49.2 Å². The van der Waals surface area contributed by atoms with E-state index in [0.29, 0.717) is 18.6 Å². The van der Waals surface area contributed by atoms with Crippen LogP contribution in [0.3, 0.4) is 0 Å². The fourth-order valence-electron chi connectivity index (χ4n) is 2.50. The molecule has 1 aromatic rings. The number of ether oxygens (including phenoxy) is 1. The Morgan fingerprint density at radius 1 is 1.58 bits per heavy atom. The van der Waals surface area contributed by atoms with E-state index in [1.54, 1.807) is 7.11 Å². The van der Waals surface area contributed by atoms with Gasteiger partial charge in [-0.3, -0.25) is 4.68 Å². The average Bonchev–Trinajstić information content (AvgIpc) is 2.93. The number of hydrogen-bond acceptors (Lipinski definition) is 4. The van der Waals surface area contributed by atoms with Crippen LogP contribution in [0, 0.1) is 5.92 Å². The normalized spacial score (nSPS) is 21.6. The quantitative estimate of drug-likeness (QED) is 0.844. The Labute approximate surface area is 115 Å². The van der Waals surface area contributed by atoms with Crippen molar-refractivity contribution >= 4 is 5.69 Å². The largest absolute Gasteiger partial charge is 0.383 e. The van der Waals surface area contributed by atoms with E-state index >= 15 is 0 Å². The van der Waals surface area contributed by atoms with Crippen LogP contribution in [0.25, 0.3) is 0 Å². The molecule has 2 unspecified atom stereocenters. The Balaban J connectivity index is 1.95. The van der Waals surface area contributed by atoms with Gasteiger partial charge < -0.3 is 15.0 Å². The highest BCUT2D eigenvalue weighted by molar-refractivity contribution is 5.43. The van der Waals surface area contributed by atoms with Crippen LogP contribution in [0.5, 0.6) is 0 Å². The van der Waals surface area contributed by atoms with Crippen molar-refractivity contribution in [2.24, 2.45) is 5.92 Å². The topological polar surface area (TPSA) is 42.3 Å². The third-order valence-electron chi connectivity index (χ3n) is 4.05. The van der Waals surface area contributed by atoms with Crippen molar-refractivity contribution in [1.29, 1.82) is 0 Å². The molecule has 0 aromatic carbocycles. The van der Waals surface area contributed by atoms with Crippen LogP contribution in [0.1, 0.15) is 20.3 Å². The summed E-state index contributed by atoms with van der Waals surface area (Å²) >= 11 is 0. The zero-order valence-corrected chi connectivity index (χ0v) is 12.3. The maximum atomic E-state index is 5.08. The molecule has 0 bridgehead atoms. The van der Waals surface area contributed by atoms with E-state index in [1.807, 2.05) is 10.9 Å². The molecule has 0 aliphatic carbocycles. The van der Waals surface area contributed by atoms with Crippen molar-refractivity contribution in [3.8, 4) is 0 Å². The van der Waals surface area contributed by atoms with E-state index in [1.165, 1.54) is 12.1 Å². The molecule has 19 heavy (non-hydrogen) atoms. The van der Waals surface area contributed by atoms with E-state index in [2.05, 4.69) is 35.4 Å². The molecule has 1 aromatic heterocycles. The Kier molecular flexibility index (Phi) is 5.22. The van der Waals surface area contributed by atoms with E-state index in [4.69, 9.17) is 4.74 Å². The van der Waals surface area contributed by atoms with Gasteiger partial charge >= 0.3 is 0 Å². The van der Waals surface area contributed by atoms with E-state index in [0.717, 1.165) is 26.2 Å². The summed E-state index contributed by atoms with van der Waals surface area (Å²) in [4.78, 5) is 2.43. The molecular weight excluding hydrogens is 240 g/mol. The van der Waals surface area contributed by atoms with Crippen molar-refractivity contribution in [2.45, 2.75) is 32.9 Å². The fourth-order valence-corrected chi connectivity index (χ4v) is 2.50. The third-order valence-corrected chi connectivity index (χ3v) is 4.05. The minimum Gasteiger partial charge on any atom is -0.383 e. The number of hydrogen-bond donors (Lipinski definition) is 1. The van der Waals surface area contributed by atoms with Gasteiger partial charge in [0.25, 0.3) is 0 Å². The first kappa shape index (κ1) is 14.3. The van der Waals surface area contributed by atoms with Crippen LogP contribution in [0.2, 0.25) is 0 Å². The van der Waals surface area contributed by atoms with Gasteiger partial charge in [-0.1, -0.05) is 20.3 Å². The molecular formula is C14H26N4O. The minimum absolute atomic E-state index is 0.584. The highest BCUT2D eigenvalue weighted by Crippen LogP contribution is 2.18. The second-order valence-electron chi connectivity index (χ2n) is 5.35. The summed E-state index contributed by atoms with van der Waals surface area (Å²) in [6.45, 7) is 9.29. The first-order chi connectivity index (χ1) is 9.24. The predicted molar refractivity (Wildman–Crippen MR) is 77.6 cm³/mol. The lowest BCUT2D eigenvalue weighted by atomic mass is 9.97. The summed E-state index contributed by atoms with van der Waals surface area (Å²) in [7, 11) is 1.72. The van der Waals surface area contributed by atoms with E-state index in [9.17, 15) is 0 Å².